The molecule has 4 nitrogen and oxygen atoms in total. The van der Waals surface area contributed by atoms with E-state index in [4.69, 9.17) is 9.72 Å². The first-order valence-corrected chi connectivity index (χ1v) is 10.0. The third kappa shape index (κ3) is 3.55. The third-order valence-electron chi connectivity index (χ3n) is 4.47. The summed E-state index contributed by atoms with van der Waals surface area (Å²) in [6.07, 6.45) is 4.27. The number of hydrogen-bond acceptors (Lipinski definition) is 4. The van der Waals surface area contributed by atoms with Crippen molar-refractivity contribution in [1.82, 2.24) is 4.98 Å². The Hall–Kier alpha value is -1.24. The third-order valence-corrected chi connectivity index (χ3v) is 5.86. The van der Waals surface area contributed by atoms with Crippen molar-refractivity contribution in [3.63, 3.8) is 0 Å². The van der Waals surface area contributed by atoms with Crippen LogP contribution in [0.4, 0.5) is 5.13 Å². The van der Waals surface area contributed by atoms with Crippen LogP contribution in [0.25, 0.3) is 11.3 Å². The number of benzene rings is 1. The number of amides is 1. The molecular formula is C18H19BrN2O2S. The lowest BCUT2D eigenvalue weighted by Crippen LogP contribution is -2.38. The zero-order valence-electron chi connectivity index (χ0n) is 13.3. The summed E-state index contributed by atoms with van der Waals surface area (Å²) in [5.41, 5.74) is 1.99. The second-order valence-corrected chi connectivity index (χ2v) is 8.13. The Morgan fingerprint density at radius 3 is 2.75 bits per heavy atom. The van der Waals surface area contributed by atoms with Crippen LogP contribution in [0, 0.1) is 5.92 Å². The second kappa shape index (κ2) is 6.94. The Morgan fingerprint density at radius 2 is 2.08 bits per heavy atom. The van der Waals surface area contributed by atoms with Crippen molar-refractivity contribution < 1.29 is 9.53 Å². The van der Waals surface area contributed by atoms with Gasteiger partial charge in [-0.2, -0.15) is 0 Å². The highest BCUT2D eigenvalue weighted by Crippen LogP contribution is 2.35. The molecule has 1 saturated heterocycles. The molecule has 6 heteroatoms. The van der Waals surface area contributed by atoms with Crippen molar-refractivity contribution in [3.8, 4) is 11.3 Å². The van der Waals surface area contributed by atoms with Crippen molar-refractivity contribution in [1.29, 1.82) is 0 Å². The van der Waals surface area contributed by atoms with Crippen molar-refractivity contribution in [2.24, 2.45) is 5.92 Å². The maximum Gasteiger partial charge on any atom is 0.231 e. The van der Waals surface area contributed by atoms with Gasteiger partial charge in [-0.15, -0.1) is 11.3 Å². The highest BCUT2D eigenvalue weighted by atomic mass is 79.9. The van der Waals surface area contributed by atoms with Crippen LogP contribution in [0.15, 0.2) is 34.1 Å². The van der Waals surface area contributed by atoms with E-state index in [1.54, 1.807) is 11.3 Å². The van der Waals surface area contributed by atoms with Gasteiger partial charge in [0.15, 0.2) is 5.13 Å². The zero-order chi connectivity index (χ0) is 16.5. The van der Waals surface area contributed by atoms with Gasteiger partial charge < -0.3 is 4.74 Å². The van der Waals surface area contributed by atoms with Gasteiger partial charge in [-0.3, -0.25) is 9.69 Å². The summed E-state index contributed by atoms with van der Waals surface area (Å²) in [5.74, 6) is 0.397. The van der Waals surface area contributed by atoms with Gasteiger partial charge in [0.05, 0.1) is 18.3 Å². The summed E-state index contributed by atoms with van der Waals surface area (Å²) < 4.78 is 6.78. The van der Waals surface area contributed by atoms with Crippen LogP contribution in [0.5, 0.6) is 0 Å². The fourth-order valence-electron chi connectivity index (χ4n) is 2.95. The molecule has 1 saturated carbocycles. The van der Waals surface area contributed by atoms with E-state index in [1.807, 2.05) is 34.5 Å². The van der Waals surface area contributed by atoms with Crippen molar-refractivity contribution >= 4 is 38.3 Å². The second-order valence-electron chi connectivity index (χ2n) is 6.38. The van der Waals surface area contributed by atoms with Crippen LogP contribution in [0.1, 0.15) is 25.7 Å². The Bertz CT molecular complexity index is 721. The fourth-order valence-corrected chi connectivity index (χ4v) is 4.06. The lowest BCUT2D eigenvalue weighted by atomic mass is 10.2. The first-order chi connectivity index (χ1) is 11.7. The molecule has 2 fully saturated rings. The quantitative estimate of drug-likeness (QED) is 0.733. The molecule has 1 aliphatic carbocycles. The molecule has 2 aromatic rings. The number of carbonyl (C=O) groups excluding carboxylic acids is 1. The first kappa shape index (κ1) is 16.2. The van der Waals surface area contributed by atoms with Crippen LogP contribution < -0.4 is 4.90 Å². The highest BCUT2D eigenvalue weighted by molar-refractivity contribution is 9.10. The van der Waals surface area contributed by atoms with Gasteiger partial charge in [0.2, 0.25) is 5.91 Å². The summed E-state index contributed by atoms with van der Waals surface area (Å²) in [6.45, 7) is 1.43. The van der Waals surface area contributed by atoms with Crippen molar-refractivity contribution in [2.45, 2.75) is 31.8 Å². The van der Waals surface area contributed by atoms with Gasteiger partial charge in [-0.05, 0) is 37.8 Å². The molecule has 4 rings (SSSR count). The van der Waals surface area contributed by atoms with E-state index in [-0.39, 0.29) is 17.9 Å². The predicted molar refractivity (Wildman–Crippen MR) is 99.3 cm³/mol. The van der Waals surface area contributed by atoms with Crippen LogP contribution in [-0.2, 0) is 9.53 Å². The Kier molecular flexibility index (Phi) is 4.70. The van der Waals surface area contributed by atoms with E-state index in [9.17, 15) is 4.79 Å². The van der Waals surface area contributed by atoms with Gasteiger partial charge in [-0.25, -0.2) is 4.98 Å². The van der Waals surface area contributed by atoms with E-state index in [0.29, 0.717) is 6.54 Å². The molecule has 24 heavy (non-hydrogen) atoms. The molecule has 1 atom stereocenters. The number of anilines is 1. The number of ether oxygens (including phenoxy) is 1. The minimum Gasteiger partial charge on any atom is -0.376 e. The smallest absolute Gasteiger partial charge is 0.231 e. The summed E-state index contributed by atoms with van der Waals surface area (Å²) in [6, 6.07) is 8.09. The topological polar surface area (TPSA) is 42.4 Å². The van der Waals surface area contributed by atoms with Gasteiger partial charge in [0.25, 0.3) is 0 Å². The van der Waals surface area contributed by atoms with Crippen LogP contribution in [0.3, 0.4) is 0 Å². The molecule has 1 aromatic carbocycles. The molecule has 0 N–H and O–H groups in total. The van der Waals surface area contributed by atoms with E-state index in [0.717, 1.165) is 53.2 Å². The molecule has 1 aliphatic heterocycles. The van der Waals surface area contributed by atoms with Crippen LogP contribution in [-0.4, -0.2) is 30.1 Å². The maximum atomic E-state index is 12.7. The molecule has 0 unspecified atom stereocenters. The van der Waals surface area contributed by atoms with Crippen LogP contribution >= 0.6 is 27.3 Å². The summed E-state index contributed by atoms with van der Waals surface area (Å²) in [7, 11) is 0. The lowest BCUT2D eigenvalue weighted by Gasteiger charge is -2.23. The average Bonchev–Trinajstić information content (AvgIpc) is 3.10. The number of rotatable bonds is 5. The summed E-state index contributed by atoms with van der Waals surface area (Å²) in [4.78, 5) is 19.3. The van der Waals surface area contributed by atoms with Gasteiger partial charge in [-0.1, -0.05) is 28.1 Å². The minimum absolute atomic E-state index is 0.146. The molecule has 0 radical (unpaired) electrons. The zero-order valence-corrected chi connectivity index (χ0v) is 15.7. The molecule has 1 aromatic heterocycles. The Morgan fingerprint density at radius 1 is 1.29 bits per heavy atom. The van der Waals surface area contributed by atoms with Gasteiger partial charge in [0, 0.05) is 27.9 Å². The van der Waals surface area contributed by atoms with Crippen LogP contribution in [0.2, 0.25) is 0 Å². The minimum atomic E-state index is 0.146. The first-order valence-electron chi connectivity index (χ1n) is 8.35. The number of hydrogen-bond donors (Lipinski definition) is 0. The van der Waals surface area contributed by atoms with E-state index in [2.05, 4.69) is 15.9 Å². The molecule has 2 heterocycles. The SMILES string of the molecule is O=C(C1CC1)N(C[C@H]1CCCO1)c1nc(-c2ccc(Br)cc2)cs1. The number of halogens is 1. The number of aromatic nitrogens is 1. The molecule has 1 amide bonds. The molecule has 2 aliphatic rings. The monoisotopic (exact) mass is 406 g/mol. The molecule has 0 bridgehead atoms. The lowest BCUT2D eigenvalue weighted by molar-refractivity contribution is -0.120. The Labute approximate surface area is 154 Å². The highest BCUT2D eigenvalue weighted by Gasteiger charge is 2.36. The normalized spacial score (nSPS) is 20.3. The van der Waals surface area contributed by atoms with Gasteiger partial charge >= 0.3 is 0 Å². The largest absolute Gasteiger partial charge is 0.376 e. The van der Waals surface area contributed by atoms with E-state index >= 15 is 0 Å². The number of nitrogens with zero attached hydrogens (tertiary/aromatic N) is 2. The number of thiazole rings is 1. The summed E-state index contributed by atoms with van der Waals surface area (Å²) in [5, 5.41) is 2.82. The average molecular weight is 407 g/mol. The van der Waals surface area contributed by atoms with E-state index < -0.39 is 0 Å². The molecule has 0 spiro atoms. The molecular weight excluding hydrogens is 388 g/mol. The van der Waals surface area contributed by atoms with E-state index in [1.165, 1.54) is 0 Å². The van der Waals surface area contributed by atoms with Gasteiger partial charge in [0.1, 0.15) is 0 Å². The standard InChI is InChI=1S/C18H19BrN2O2S/c19-14-7-5-12(6-8-14)16-11-24-18(20-16)21(17(22)13-3-4-13)10-15-2-1-9-23-15/h5-8,11,13,15H,1-4,9-10H2/t15-/m1/s1. The predicted octanol–water partition coefficient (Wildman–Crippen LogP) is 4.49. The Balaban J connectivity index is 1.57. The number of carbonyl (C=O) groups is 1. The fraction of sp³-hybridized carbons (Fsp3) is 0.444. The molecule has 126 valence electrons. The van der Waals surface area contributed by atoms with Crippen molar-refractivity contribution in [3.05, 3.63) is 34.1 Å². The van der Waals surface area contributed by atoms with Crippen molar-refractivity contribution in [2.75, 3.05) is 18.1 Å². The summed E-state index contributed by atoms with van der Waals surface area (Å²) >= 11 is 4.99. The maximum absolute atomic E-state index is 12.7.